The lowest BCUT2D eigenvalue weighted by Gasteiger charge is -2.26. The van der Waals surface area contributed by atoms with Crippen LogP contribution in [0.5, 0.6) is 0 Å². The predicted octanol–water partition coefficient (Wildman–Crippen LogP) is 13.9. The first-order chi connectivity index (χ1) is 24.3. The van der Waals surface area contributed by atoms with E-state index in [0.717, 1.165) is 44.6 Å². The van der Waals surface area contributed by atoms with Gasteiger partial charge in [0.25, 0.3) is 0 Å². The molecule has 0 fully saturated rings. The number of hydrogen-bond donors (Lipinski definition) is 0. The average Bonchev–Trinajstić information content (AvgIpc) is 3.74. The van der Waals surface area contributed by atoms with Gasteiger partial charge < -0.3 is 9.32 Å². The lowest BCUT2D eigenvalue weighted by atomic mass is 9.98. The summed E-state index contributed by atoms with van der Waals surface area (Å²) < 4.78 is 9.39. The van der Waals surface area contributed by atoms with Crippen molar-refractivity contribution in [3.05, 3.63) is 176 Å². The number of benzene rings is 8. The van der Waals surface area contributed by atoms with E-state index in [1.54, 1.807) is 0 Å². The molecule has 3 heteroatoms. The highest BCUT2D eigenvalue weighted by molar-refractivity contribution is 7.25. The predicted molar refractivity (Wildman–Crippen MR) is 210 cm³/mol. The highest BCUT2D eigenvalue weighted by Gasteiger charge is 2.23. The van der Waals surface area contributed by atoms with E-state index in [-0.39, 0.29) is 0 Å². The van der Waals surface area contributed by atoms with Crippen LogP contribution in [-0.2, 0) is 0 Å². The Balaban J connectivity index is 1.20. The summed E-state index contributed by atoms with van der Waals surface area (Å²) in [6, 6.07) is 63.2. The van der Waals surface area contributed by atoms with E-state index >= 15 is 0 Å². The third-order valence-electron chi connectivity index (χ3n) is 9.66. The zero-order valence-corrected chi connectivity index (χ0v) is 27.3. The van der Waals surface area contributed by atoms with Crippen molar-refractivity contribution in [3.8, 4) is 22.3 Å². The number of nitrogens with zero attached hydrogens (tertiary/aromatic N) is 1. The number of furan rings is 1. The maximum atomic E-state index is 6.81. The summed E-state index contributed by atoms with van der Waals surface area (Å²) in [5.74, 6) is 0. The molecule has 0 aliphatic rings. The molecule has 0 amide bonds. The Morgan fingerprint density at radius 2 is 1.12 bits per heavy atom. The largest absolute Gasteiger partial charge is 0.454 e. The Morgan fingerprint density at radius 1 is 0.429 bits per heavy atom. The van der Waals surface area contributed by atoms with E-state index in [2.05, 4.69) is 175 Å². The Morgan fingerprint density at radius 3 is 2.00 bits per heavy atom. The van der Waals surface area contributed by atoms with E-state index in [1.165, 1.54) is 47.6 Å². The van der Waals surface area contributed by atoms with Gasteiger partial charge in [0, 0.05) is 42.3 Å². The molecule has 0 radical (unpaired) electrons. The van der Waals surface area contributed by atoms with Crippen LogP contribution >= 0.6 is 11.3 Å². The van der Waals surface area contributed by atoms with Crippen LogP contribution in [0.25, 0.3) is 75.1 Å². The Kier molecular flexibility index (Phi) is 6.39. The van der Waals surface area contributed by atoms with Crippen molar-refractivity contribution in [2.24, 2.45) is 0 Å². The molecule has 8 aromatic carbocycles. The quantitative estimate of drug-likeness (QED) is 0.186. The van der Waals surface area contributed by atoms with Crippen LogP contribution in [0.1, 0.15) is 0 Å². The van der Waals surface area contributed by atoms with E-state index in [9.17, 15) is 0 Å². The second-order valence-corrected chi connectivity index (χ2v) is 13.6. The van der Waals surface area contributed by atoms with Gasteiger partial charge in [-0.25, -0.2) is 0 Å². The van der Waals surface area contributed by atoms with E-state index in [1.807, 2.05) is 17.4 Å². The Hall–Kier alpha value is -6.16. The van der Waals surface area contributed by atoms with Gasteiger partial charge in [0.05, 0.1) is 5.69 Å². The molecule has 10 aromatic rings. The topological polar surface area (TPSA) is 16.4 Å². The molecule has 0 saturated heterocycles. The first kappa shape index (κ1) is 27.9. The third-order valence-corrected chi connectivity index (χ3v) is 10.8. The number of hydrogen-bond acceptors (Lipinski definition) is 3. The average molecular weight is 644 g/mol. The molecule has 0 bridgehead atoms. The molecular weight excluding hydrogens is 615 g/mol. The van der Waals surface area contributed by atoms with Crippen LogP contribution in [0.15, 0.2) is 180 Å². The zero-order valence-electron chi connectivity index (χ0n) is 26.5. The monoisotopic (exact) mass is 643 g/mol. The van der Waals surface area contributed by atoms with Gasteiger partial charge in [0.15, 0.2) is 5.58 Å². The summed E-state index contributed by atoms with van der Waals surface area (Å²) >= 11 is 1.84. The fourth-order valence-corrected chi connectivity index (χ4v) is 8.39. The number of fused-ring (bicyclic) bond motifs is 7. The summed E-state index contributed by atoms with van der Waals surface area (Å²) in [6.07, 6.45) is 0. The zero-order chi connectivity index (χ0) is 32.3. The van der Waals surface area contributed by atoms with E-state index < -0.39 is 0 Å². The first-order valence-corrected chi connectivity index (χ1v) is 17.4. The maximum absolute atomic E-state index is 6.81. The van der Waals surface area contributed by atoms with Crippen LogP contribution in [0.2, 0.25) is 0 Å². The summed E-state index contributed by atoms with van der Waals surface area (Å²) in [5, 5.41) is 7.28. The van der Waals surface area contributed by atoms with Crippen molar-refractivity contribution in [2.45, 2.75) is 0 Å². The second-order valence-electron chi connectivity index (χ2n) is 12.5. The van der Waals surface area contributed by atoms with Crippen molar-refractivity contribution >= 4 is 81.3 Å². The fourth-order valence-electron chi connectivity index (χ4n) is 7.30. The normalized spacial score (nSPS) is 11.7. The second kappa shape index (κ2) is 11.2. The molecule has 0 aliphatic carbocycles. The molecule has 0 aliphatic heterocycles. The molecule has 0 atom stereocenters. The van der Waals surface area contributed by atoms with Gasteiger partial charge in [0.2, 0.25) is 0 Å². The lowest BCUT2D eigenvalue weighted by Crippen LogP contribution is -2.10. The highest BCUT2D eigenvalue weighted by Crippen LogP contribution is 2.47. The van der Waals surface area contributed by atoms with Gasteiger partial charge in [-0.3, -0.25) is 0 Å². The third kappa shape index (κ3) is 4.62. The molecule has 2 nitrogen and oxygen atoms in total. The SMILES string of the molecule is c1ccc(-c2ccc(N(c3ccc(-c4ccc5ccccc5c4)cc3)c3ccc4sc5ccccc5c4c3)c3oc4ccccc4c23)cc1. The maximum Gasteiger partial charge on any atom is 0.160 e. The van der Waals surface area contributed by atoms with Gasteiger partial charge in [-0.2, -0.15) is 0 Å². The van der Waals surface area contributed by atoms with Crippen molar-refractivity contribution in [2.75, 3.05) is 4.90 Å². The van der Waals surface area contributed by atoms with E-state index in [4.69, 9.17) is 4.42 Å². The van der Waals surface area contributed by atoms with Gasteiger partial charge >= 0.3 is 0 Å². The Labute approximate surface area is 287 Å². The number of para-hydroxylation sites is 1. The first-order valence-electron chi connectivity index (χ1n) is 16.6. The van der Waals surface area contributed by atoms with Crippen LogP contribution < -0.4 is 4.90 Å². The smallest absolute Gasteiger partial charge is 0.160 e. The summed E-state index contributed by atoms with van der Waals surface area (Å²) in [4.78, 5) is 2.36. The number of thiophene rings is 1. The number of rotatable bonds is 5. The van der Waals surface area contributed by atoms with Gasteiger partial charge in [-0.15, -0.1) is 11.3 Å². The molecule has 0 unspecified atom stereocenters. The van der Waals surface area contributed by atoms with Crippen LogP contribution in [0.4, 0.5) is 17.1 Å². The van der Waals surface area contributed by atoms with Crippen LogP contribution in [0, 0.1) is 0 Å². The molecule has 10 rings (SSSR count). The molecule has 0 spiro atoms. The fraction of sp³-hybridized carbons (Fsp3) is 0. The summed E-state index contributed by atoms with van der Waals surface area (Å²) in [7, 11) is 0. The number of anilines is 3. The molecule has 0 N–H and O–H groups in total. The van der Waals surface area contributed by atoms with Crippen molar-refractivity contribution < 1.29 is 4.42 Å². The van der Waals surface area contributed by atoms with E-state index in [0.29, 0.717) is 0 Å². The van der Waals surface area contributed by atoms with Gasteiger partial charge in [-0.05, 0) is 87.6 Å². The minimum Gasteiger partial charge on any atom is -0.454 e. The minimum atomic E-state index is 0.872. The molecule has 0 saturated carbocycles. The van der Waals surface area contributed by atoms with Crippen molar-refractivity contribution in [1.82, 2.24) is 0 Å². The molecule has 2 aromatic heterocycles. The molecular formula is C46H29NOS. The van der Waals surface area contributed by atoms with Crippen molar-refractivity contribution in [1.29, 1.82) is 0 Å². The minimum absolute atomic E-state index is 0.872. The molecule has 230 valence electrons. The molecule has 2 heterocycles. The Bertz CT molecular complexity index is 2830. The van der Waals surface area contributed by atoms with Gasteiger partial charge in [0.1, 0.15) is 5.58 Å². The summed E-state index contributed by atoms with van der Waals surface area (Å²) in [5.41, 5.74) is 9.63. The standard InChI is InChI=1S/C46H29NOS/c1-2-11-32(12-3-1)37-25-26-41(46-45(37)39-15-6-8-16-42(39)48-46)47(36-24-27-44-40(29-36)38-14-7-9-17-43(38)49-44)35-22-20-31(21-23-35)34-19-18-30-10-4-5-13-33(30)28-34/h1-29H. The van der Waals surface area contributed by atoms with Gasteiger partial charge in [-0.1, -0.05) is 121 Å². The molecule has 49 heavy (non-hydrogen) atoms. The van der Waals surface area contributed by atoms with Crippen LogP contribution in [-0.4, -0.2) is 0 Å². The van der Waals surface area contributed by atoms with Crippen LogP contribution in [0.3, 0.4) is 0 Å². The summed E-state index contributed by atoms with van der Waals surface area (Å²) in [6.45, 7) is 0. The highest BCUT2D eigenvalue weighted by atomic mass is 32.1. The lowest BCUT2D eigenvalue weighted by molar-refractivity contribution is 0.669. The van der Waals surface area contributed by atoms with Crippen molar-refractivity contribution in [3.63, 3.8) is 0 Å².